The van der Waals surface area contributed by atoms with Crippen LogP contribution in [0.4, 0.5) is 0 Å². The lowest BCUT2D eigenvalue weighted by Crippen LogP contribution is -2.65. The van der Waals surface area contributed by atoms with Crippen LogP contribution in [0.15, 0.2) is 60.8 Å². The number of carbonyl (C=O) groups excluding carboxylic acids is 1. The van der Waals surface area contributed by atoms with Crippen LogP contribution in [0, 0.1) is 0 Å². The van der Waals surface area contributed by atoms with E-state index in [4.69, 9.17) is 18.9 Å². The van der Waals surface area contributed by atoms with Crippen LogP contribution in [-0.2, 0) is 23.7 Å². The van der Waals surface area contributed by atoms with E-state index < -0.39 is 86.8 Å². The van der Waals surface area contributed by atoms with Crippen molar-refractivity contribution in [1.29, 1.82) is 0 Å². The maximum atomic E-state index is 13.4. The molecule has 96 heavy (non-hydrogen) atoms. The highest BCUT2D eigenvalue weighted by Gasteiger charge is 2.51. The zero-order valence-electron chi connectivity index (χ0n) is 61.6. The lowest BCUT2D eigenvalue weighted by molar-refractivity contribution is -0.359. The number of hydrogen-bond acceptors (Lipinski definition) is 13. The zero-order chi connectivity index (χ0) is 69.4. The van der Waals surface area contributed by atoms with Gasteiger partial charge in [0, 0.05) is 6.42 Å². The third kappa shape index (κ3) is 48.5. The van der Waals surface area contributed by atoms with E-state index in [0.717, 1.165) is 83.5 Å². The molecule has 0 saturated carbocycles. The van der Waals surface area contributed by atoms with Gasteiger partial charge < -0.3 is 65.1 Å². The zero-order valence-corrected chi connectivity index (χ0v) is 61.6. The quantitative estimate of drug-likeness (QED) is 0.0204. The van der Waals surface area contributed by atoms with Gasteiger partial charge in [-0.25, -0.2) is 0 Å². The predicted octanol–water partition coefficient (Wildman–Crippen LogP) is 18.4. The molecule has 2 aliphatic rings. The number of rotatable bonds is 68. The highest BCUT2D eigenvalue weighted by Crippen LogP contribution is 2.30. The molecule has 0 aromatic heterocycles. The van der Waals surface area contributed by atoms with Crippen molar-refractivity contribution in [2.45, 2.75) is 434 Å². The van der Waals surface area contributed by atoms with Crippen LogP contribution in [0.3, 0.4) is 0 Å². The number of aliphatic hydroxyl groups is 8. The van der Waals surface area contributed by atoms with Gasteiger partial charge in [0.2, 0.25) is 5.91 Å². The highest BCUT2D eigenvalue weighted by molar-refractivity contribution is 5.76. The van der Waals surface area contributed by atoms with Crippen LogP contribution >= 0.6 is 0 Å². The minimum Gasteiger partial charge on any atom is -0.394 e. The summed E-state index contributed by atoms with van der Waals surface area (Å²) in [6.45, 7) is 2.81. The summed E-state index contributed by atoms with van der Waals surface area (Å²) in [5.41, 5.74) is 0. The number of carbonyl (C=O) groups is 1. The Bertz CT molecular complexity index is 1840. The molecule has 14 heteroatoms. The normalized spacial score (nSPS) is 22.5. The van der Waals surface area contributed by atoms with E-state index in [1.165, 1.54) is 250 Å². The van der Waals surface area contributed by atoms with Gasteiger partial charge in [-0.3, -0.25) is 4.79 Å². The SMILES string of the molecule is CC/C=C\C/C=C\C/C=C\C/C=C\C/C=C\CCCCCCCCCCCCCCCCCCCC(=O)NC(COC1OC(CO)C(OC2OC(CO)C(O)C(O)C2O)C(O)C1O)C(O)CCCCCCCCCCCCCCCCCCCCCCCCCCCCCCC. The van der Waals surface area contributed by atoms with Gasteiger partial charge >= 0.3 is 0 Å². The Labute approximate surface area is 587 Å². The molecule has 12 unspecified atom stereocenters. The van der Waals surface area contributed by atoms with Gasteiger partial charge in [-0.1, -0.05) is 357 Å². The van der Waals surface area contributed by atoms with Crippen molar-refractivity contribution in [3.8, 4) is 0 Å². The molecule has 2 aliphatic heterocycles. The summed E-state index contributed by atoms with van der Waals surface area (Å²) in [6, 6.07) is -0.832. The van der Waals surface area contributed by atoms with E-state index >= 15 is 0 Å². The number of aliphatic hydroxyl groups excluding tert-OH is 8. The van der Waals surface area contributed by atoms with Crippen molar-refractivity contribution >= 4 is 5.91 Å². The van der Waals surface area contributed by atoms with Crippen LogP contribution in [0.5, 0.6) is 0 Å². The fraction of sp³-hybridized carbons (Fsp3) is 0.866. The molecule has 0 aromatic carbocycles. The average molecular weight is 1360 g/mol. The van der Waals surface area contributed by atoms with Crippen molar-refractivity contribution in [2.75, 3.05) is 19.8 Å². The Kier molecular flexibility index (Phi) is 61.7. The van der Waals surface area contributed by atoms with Gasteiger partial charge in [0.25, 0.3) is 0 Å². The Balaban J connectivity index is 1.60. The second-order valence-corrected chi connectivity index (χ2v) is 28.5. The van der Waals surface area contributed by atoms with E-state index in [0.29, 0.717) is 12.8 Å². The average Bonchev–Trinajstić information content (AvgIpc) is 0.812. The Morgan fingerprint density at radius 2 is 0.719 bits per heavy atom. The molecule has 0 radical (unpaired) electrons. The monoisotopic (exact) mass is 1360 g/mol. The first kappa shape index (κ1) is 89.8. The standard InChI is InChI=1S/C82H151NO13/c1-3-5-7-9-11-13-15-17-19-21-23-25-27-29-31-33-34-35-36-38-40-42-44-46-48-50-52-54-56-58-60-62-64-66-74(87)83-70(69-93-81-79(92)77(90)80(73(68-85)95-81)96-82-78(91)76(89)75(88)72(67-84)94-82)71(86)65-63-61-59-57-55-53-51-49-47-45-43-41-39-37-32-30-28-26-24-22-20-18-16-14-12-10-8-6-4-2/h5,7,11,13,17,19,23,25,29,31,70-73,75-82,84-86,88-92H,3-4,6,8-10,12,14-16,18,20-22,24,26-28,30,32-69H2,1-2H3,(H,83,87)/b7-5-,13-11-,19-17-,25-23-,31-29-. The molecular weight excluding hydrogens is 1210 g/mol. The van der Waals surface area contributed by atoms with E-state index in [-0.39, 0.29) is 12.5 Å². The van der Waals surface area contributed by atoms with Crippen LogP contribution in [0.25, 0.3) is 0 Å². The molecule has 14 nitrogen and oxygen atoms in total. The van der Waals surface area contributed by atoms with Gasteiger partial charge in [0.15, 0.2) is 12.6 Å². The molecule has 2 fully saturated rings. The predicted molar refractivity (Wildman–Crippen MR) is 397 cm³/mol. The third-order valence-corrected chi connectivity index (χ3v) is 19.7. The highest BCUT2D eigenvalue weighted by atomic mass is 16.7. The molecule has 0 aliphatic carbocycles. The molecule has 0 bridgehead atoms. The van der Waals surface area contributed by atoms with Crippen LogP contribution < -0.4 is 5.32 Å². The summed E-state index contributed by atoms with van der Waals surface area (Å²) in [6.07, 6.45) is 72.6. The summed E-state index contributed by atoms with van der Waals surface area (Å²) in [5.74, 6) is -0.201. The summed E-state index contributed by atoms with van der Waals surface area (Å²) < 4.78 is 23.0. The fourth-order valence-electron chi connectivity index (χ4n) is 13.4. The minimum atomic E-state index is -1.78. The van der Waals surface area contributed by atoms with E-state index in [1.807, 2.05) is 0 Å². The second-order valence-electron chi connectivity index (χ2n) is 28.5. The summed E-state index contributed by atoms with van der Waals surface area (Å²) in [5, 5.41) is 87.9. The van der Waals surface area contributed by atoms with Crippen molar-refractivity contribution in [3.63, 3.8) is 0 Å². The Morgan fingerprint density at radius 1 is 0.385 bits per heavy atom. The number of nitrogens with one attached hydrogen (secondary N) is 1. The number of ether oxygens (including phenoxy) is 4. The number of hydrogen-bond donors (Lipinski definition) is 9. The minimum absolute atomic E-state index is 0.201. The van der Waals surface area contributed by atoms with E-state index in [9.17, 15) is 45.6 Å². The van der Waals surface area contributed by atoms with Crippen molar-refractivity contribution < 1.29 is 64.6 Å². The second kappa shape index (κ2) is 66.0. The molecule has 9 N–H and O–H groups in total. The van der Waals surface area contributed by atoms with Crippen molar-refractivity contribution in [2.24, 2.45) is 0 Å². The van der Waals surface area contributed by atoms with Gasteiger partial charge in [-0.05, 0) is 57.8 Å². The molecular formula is C82H151NO13. The number of amides is 1. The van der Waals surface area contributed by atoms with E-state index in [2.05, 4.69) is 79.9 Å². The molecule has 0 spiro atoms. The number of unbranched alkanes of at least 4 members (excludes halogenated alkanes) is 45. The lowest BCUT2D eigenvalue weighted by Gasteiger charge is -2.46. The fourth-order valence-corrected chi connectivity index (χ4v) is 13.4. The largest absolute Gasteiger partial charge is 0.394 e. The van der Waals surface area contributed by atoms with Gasteiger partial charge in [-0.15, -0.1) is 0 Å². The Hall–Kier alpha value is -2.31. The van der Waals surface area contributed by atoms with Crippen LogP contribution in [0.2, 0.25) is 0 Å². The molecule has 2 heterocycles. The first-order valence-electron chi connectivity index (χ1n) is 40.5. The summed E-state index contributed by atoms with van der Waals surface area (Å²) in [7, 11) is 0. The van der Waals surface area contributed by atoms with Crippen molar-refractivity contribution in [3.05, 3.63) is 60.8 Å². The first-order valence-corrected chi connectivity index (χ1v) is 40.5. The molecule has 2 rings (SSSR count). The smallest absolute Gasteiger partial charge is 0.220 e. The molecule has 2 saturated heterocycles. The van der Waals surface area contributed by atoms with E-state index in [1.54, 1.807) is 0 Å². The van der Waals surface area contributed by atoms with Gasteiger partial charge in [0.05, 0.1) is 32.0 Å². The molecule has 0 aromatic rings. The summed E-state index contributed by atoms with van der Waals surface area (Å²) >= 11 is 0. The summed E-state index contributed by atoms with van der Waals surface area (Å²) in [4.78, 5) is 13.4. The lowest BCUT2D eigenvalue weighted by atomic mass is 9.97. The van der Waals surface area contributed by atoms with Gasteiger partial charge in [0.1, 0.15) is 48.8 Å². The van der Waals surface area contributed by atoms with Crippen LogP contribution in [-0.4, -0.2) is 140 Å². The number of allylic oxidation sites excluding steroid dienone is 10. The topological polar surface area (TPSA) is 228 Å². The molecule has 1 amide bonds. The molecule has 562 valence electrons. The van der Waals surface area contributed by atoms with Gasteiger partial charge in [-0.2, -0.15) is 0 Å². The maximum absolute atomic E-state index is 13.4. The van der Waals surface area contributed by atoms with Crippen LogP contribution in [0.1, 0.15) is 361 Å². The Morgan fingerprint density at radius 3 is 1.10 bits per heavy atom. The first-order chi connectivity index (χ1) is 47.1. The molecule has 12 atom stereocenters. The maximum Gasteiger partial charge on any atom is 0.220 e. The third-order valence-electron chi connectivity index (χ3n) is 19.7. The van der Waals surface area contributed by atoms with Crippen molar-refractivity contribution in [1.82, 2.24) is 5.32 Å².